The number of aromatic nitrogens is 2. The van der Waals surface area contributed by atoms with Crippen LogP contribution in [0.5, 0.6) is 0 Å². The molecular formula is C13H16BrN5. The molecule has 3 N–H and O–H groups in total. The predicted octanol–water partition coefficient (Wildman–Crippen LogP) is 2.47. The van der Waals surface area contributed by atoms with Gasteiger partial charge in [0.2, 0.25) is 0 Å². The molecule has 0 aliphatic carbocycles. The Labute approximate surface area is 121 Å². The maximum absolute atomic E-state index is 5.40. The summed E-state index contributed by atoms with van der Waals surface area (Å²) < 4.78 is 0.757. The molecule has 0 unspecified atom stereocenters. The Bertz CT molecular complexity index is 573. The number of nitrogens with zero attached hydrogens (tertiary/aromatic N) is 3. The number of benzene rings is 1. The fourth-order valence-corrected chi connectivity index (χ4v) is 2.51. The van der Waals surface area contributed by atoms with Gasteiger partial charge in [-0.3, -0.25) is 0 Å². The fourth-order valence-electron chi connectivity index (χ4n) is 1.89. The summed E-state index contributed by atoms with van der Waals surface area (Å²) in [6, 6.07) is 8.40. The molecular weight excluding hydrogens is 306 g/mol. The van der Waals surface area contributed by atoms with Crippen LogP contribution in [0.3, 0.4) is 0 Å². The lowest BCUT2D eigenvalue weighted by molar-refractivity contribution is 0.885. The minimum atomic E-state index is 0.570. The first-order valence-electron chi connectivity index (χ1n) is 5.85. The summed E-state index contributed by atoms with van der Waals surface area (Å²) in [5.74, 6) is 6.77. The third-order valence-corrected chi connectivity index (χ3v) is 3.50. The van der Waals surface area contributed by atoms with E-state index in [1.165, 1.54) is 17.5 Å². The van der Waals surface area contributed by atoms with Crippen molar-refractivity contribution in [3.05, 3.63) is 46.2 Å². The van der Waals surface area contributed by atoms with Crippen molar-refractivity contribution in [3.8, 4) is 0 Å². The molecule has 0 spiro atoms. The van der Waals surface area contributed by atoms with E-state index in [1.807, 2.05) is 11.9 Å². The Morgan fingerprint density at radius 2 is 2.16 bits per heavy atom. The molecule has 0 saturated heterocycles. The monoisotopic (exact) mass is 321 g/mol. The van der Waals surface area contributed by atoms with E-state index >= 15 is 0 Å². The topological polar surface area (TPSA) is 67.1 Å². The molecule has 6 heteroatoms. The van der Waals surface area contributed by atoms with Gasteiger partial charge in [0.1, 0.15) is 16.6 Å². The first-order valence-corrected chi connectivity index (χ1v) is 6.65. The van der Waals surface area contributed by atoms with E-state index in [2.05, 4.69) is 62.5 Å². The van der Waals surface area contributed by atoms with Gasteiger partial charge in [-0.2, -0.15) is 0 Å². The molecule has 5 nitrogen and oxygen atoms in total. The van der Waals surface area contributed by atoms with Gasteiger partial charge in [0.05, 0.1) is 0 Å². The van der Waals surface area contributed by atoms with Crippen LogP contribution in [0, 0.1) is 6.92 Å². The van der Waals surface area contributed by atoms with E-state index in [0.717, 1.165) is 16.8 Å². The Morgan fingerprint density at radius 3 is 2.84 bits per heavy atom. The van der Waals surface area contributed by atoms with Crippen LogP contribution in [0.25, 0.3) is 0 Å². The highest BCUT2D eigenvalue weighted by Crippen LogP contribution is 2.28. The molecule has 0 amide bonds. The van der Waals surface area contributed by atoms with Crippen molar-refractivity contribution in [1.82, 2.24) is 9.97 Å². The van der Waals surface area contributed by atoms with Crippen molar-refractivity contribution in [1.29, 1.82) is 0 Å². The summed E-state index contributed by atoms with van der Waals surface area (Å²) >= 11 is 3.46. The number of hydrogen-bond donors (Lipinski definition) is 2. The number of hydrogen-bond acceptors (Lipinski definition) is 5. The summed E-state index contributed by atoms with van der Waals surface area (Å²) in [6.07, 6.45) is 1.49. The Kier molecular flexibility index (Phi) is 4.34. The summed E-state index contributed by atoms with van der Waals surface area (Å²) in [5.41, 5.74) is 5.02. The molecule has 100 valence electrons. The number of nitrogen functional groups attached to an aromatic ring is 1. The molecule has 1 heterocycles. The second-order valence-corrected chi connectivity index (χ2v) is 5.14. The smallest absolute Gasteiger partial charge is 0.159 e. The number of aryl methyl sites for hydroxylation is 1. The highest BCUT2D eigenvalue weighted by Gasteiger charge is 2.12. The number of rotatable bonds is 4. The molecule has 0 bridgehead atoms. The van der Waals surface area contributed by atoms with E-state index < -0.39 is 0 Å². The molecule has 0 aliphatic heterocycles. The third kappa shape index (κ3) is 3.21. The largest absolute Gasteiger partial charge is 0.354 e. The quantitative estimate of drug-likeness (QED) is 0.669. The summed E-state index contributed by atoms with van der Waals surface area (Å²) in [6.45, 7) is 2.85. The fraction of sp³-hybridized carbons (Fsp3) is 0.231. The summed E-state index contributed by atoms with van der Waals surface area (Å²) in [7, 11) is 1.98. The van der Waals surface area contributed by atoms with Crippen LogP contribution in [0.15, 0.2) is 35.1 Å². The van der Waals surface area contributed by atoms with Crippen LogP contribution in [-0.2, 0) is 6.54 Å². The lowest BCUT2D eigenvalue weighted by Crippen LogP contribution is -2.20. The van der Waals surface area contributed by atoms with E-state index in [9.17, 15) is 0 Å². The average molecular weight is 322 g/mol. The van der Waals surface area contributed by atoms with Crippen molar-refractivity contribution in [2.45, 2.75) is 13.5 Å². The molecule has 0 saturated carbocycles. The second kappa shape index (κ2) is 5.99. The number of nitrogens with two attached hydrogens (primary N) is 1. The molecule has 0 atom stereocenters. The zero-order valence-corrected chi connectivity index (χ0v) is 12.5. The van der Waals surface area contributed by atoms with Gasteiger partial charge < -0.3 is 10.3 Å². The number of hydrazine groups is 1. The molecule has 0 fully saturated rings. The van der Waals surface area contributed by atoms with Gasteiger partial charge in [-0.05, 0) is 28.4 Å². The van der Waals surface area contributed by atoms with Gasteiger partial charge in [0.15, 0.2) is 5.82 Å². The van der Waals surface area contributed by atoms with Crippen LogP contribution < -0.4 is 16.2 Å². The molecule has 19 heavy (non-hydrogen) atoms. The predicted molar refractivity (Wildman–Crippen MR) is 80.8 cm³/mol. The van der Waals surface area contributed by atoms with Gasteiger partial charge >= 0.3 is 0 Å². The van der Waals surface area contributed by atoms with Crippen molar-refractivity contribution in [2.75, 3.05) is 17.4 Å². The van der Waals surface area contributed by atoms with Crippen LogP contribution in [0.4, 0.5) is 11.6 Å². The van der Waals surface area contributed by atoms with Crippen LogP contribution >= 0.6 is 15.9 Å². The maximum atomic E-state index is 5.40. The number of nitrogens with one attached hydrogen (secondary N) is 1. The zero-order valence-electron chi connectivity index (χ0n) is 10.9. The maximum Gasteiger partial charge on any atom is 0.159 e. The molecule has 1 aromatic heterocycles. The van der Waals surface area contributed by atoms with Gasteiger partial charge in [-0.25, -0.2) is 15.8 Å². The minimum absolute atomic E-state index is 0.570. The van der Waals surface area contributed by atoms with Crippen LogP contribution in [0.1, 0.15) is 11.1 Å². The molecule has 0 radical (unpaired) electrons. The number of halogens is 1. The van der Waals surface area contributed by atoms with Crippen molar-refractivity contribution >= 4 is 27.6 Å². The standard InChI is InChI=1S/C13H16BrN5/c1-9-4-3-5-10(6-9)7-19(2)13-11(14)12(18-15)16-8-17-13/h3-6,8H,7,15H2,1-2H3,(H,16,17,18). The Hall–Kier alpha value is -1.66. The second-order valence-electron chi connectivity index (χ2n) is 4.35. The van der Waals surface area contributed by atoms with Crippen molar-refractivity contribution in [3.63, 3.8) is 0 Å². The number of anilines is 2. The Morgan fingerprint density at radius 1 is 1.37 bits per heavy atom. The van der Waals surface area contributed by atoms with Crippen LogP contribution in [-0.4, -0.2) is 17.0 Å². The molecule has 2 rings (SSSR count). The SMILES string of the molecule is Cc1cccc(CN(C)c2ncnc(NN)c2Br)c1. The normalized spacial score (nSPS) is 10.3. The van der Waals surface area contributed by atoms with Gasteiger partial charge in [-0.1, -0.05) is 29.8 Å². The van der Waals surface area contributed by atoms with Gasteiger partial charge in [-0.15, -0.1) is 0 Å². The Balaban J connectivity index is 2.23. The van der Waals surface area contributed by atoms with E-state index in [1.54, 1.807) is 0 Å². The molecule has 0 aliphatic rings. The van der Waals surface area contributed by atoms with Crippen molar-refractivity contribution in [2.24, 2.45) is 5.84 Å². The van der Waals surface area contributed by atoms with E-state index in [-0.39, 0.29) is 0 Å². The minimum Gasteiger partial charge on any atom is -0.354 e. The third-order valence-electron chi connectivity index (χ3n) is 2.77. The van der Waals surface area contributed by atoms with Gasteiger partial charge in [0.25, 0.3) is 0 Å². The highest BCUT2D eigenvalue weighted by molar-refractivity contribution is 9.10. The lowest BCUT2D eigenvalue weighted by Gasteiger charge is -2.20. The highest BCUT2D eigenvalue weighted by atomic mass is 79.9. The lowest BCUT2D eigenvalue weighted by atomic mass is 10.1. The summed E-state index contributed by atoms with van der Waals surface area (Å²) in [4.78, 5) is 10.4. The van der Waals surface area contributed by atoms with E-state index in [4.69, 9.17) is 5.84 Å². The molecule has 2 aromatic rings. The molecule has 1 aromatic carbocycles. The van der Waals surface area contributed by atoms with Crippen molar-refractivity contribution < 1.29 is 0 Å². The van der Waals surface area contributed by atoms with Crippen LogP contribution in [0.2, 0.25) is 0 Å². The average Bonchev–Trinajstić information content (AvgIpc) is 2.39. The van der Waals surface area contributed by atoms with Gasteiger partial charge in [0, 0.05) is 13.6 Å². The summed E-state index contributed by atoms with van der Waals surface area (Å²) in [5, 5.41) is 0. The van der Waals surface area contributed by atoms with E-state index in [0.29, 0.717) is 5.82 Å². The first kappa shape index (κ1) is 13.8. The first-order chi connectivity index (χ1) is 9.11. The zero-order chi connectivity index (χ0) is 13.8.